The van der Waals surface area contributed by atoms with Gasteiger partial charge in [0.15, 0.2) is 0 Å². The predicted molar refractivity (Wildman–Crippen MR) is 87.5 cm³/mol. The number of nitrogens with zero attached hydrogens (tertiary/aromatic N) is 3. The van der Waals surface area contributed by atoms with Gasteiger partial charge in [-0.2, -0.15) is 5.10 Å². The van der Waals surface area contributed by atoms with Gasteiger partial charge in [0.05, 0.1) is 11.6 Å². The molecule has 0 amide bonds. The van der Waals surface area contributed by atoms with E-state index in [1.807, 2.05) is 19.4 Å². The Morgan fingerprint density at radius 3 is 2.59 bits per heavy atom. The van der Waals surface area contributed by atoms with Gasteiger partial charge in [0.2, 0.25) is 5.89 Å². The third-order valence-electron chi connectivity index (χ3n) is 4.52. The van der Waals surface area contributed by atoms with Crippen molar-refractivity contribution in [2.75, 3.05) is 0 Å². The molecular weight excluding hydrogens is 342 g/mol. The summed E-state index contributed by atoms with van der Waals surface area (Å²) < 4.78 is 8.73. The molecule has 0 radical (unpaired) electrons. The molecule has 112 valence electrons. The third-order valence-corrected chi connectivity index (χ3v) is 5.05. The molecule has 0 saturated heterocycles. The highest BCUT2D eigenvalue weighted by Crippen LogP contribution is 2.49. The second-order valence-electron chi connectivity index (χ2n) is 5.88. The first-order chi connectivity index (χ1) is 10.7. The minimum atomic E-state index is -0.0683. The van der Waals surface area contributed by atoms with E-state index in [0.29, 0.717) is 0 Å². The summed E-state index contributed by atoms with van der Waals surface area (Å²) in [6.45, 7) is 0. The smallest absolute Gasteiger partial charge is 0.205 e. The van der Waals surface area contributed by atoms with Crippen molar-refractivity contribution in [2.24, 2.45) is 7.05 Å². The van der Waals surface area contributed by atoms with Gasteiger partial charge in [0, 0.05) is 23.3 Å². The molecule has 2 aromatic heterocycles. The predicted octanol–water partition coefficient (Wildman–Crippen LogP) is 4.31. The summed E-state index contributed by atoms with van der Waals surface area (Å²) in [5.41, 5.74) is 3.05. The molecule has 22 heavy (non-hydrogen) atoms. The number of oxazole rings is 1. The maximum absolute atomic E-state index is 5.86. The van der Waals surface area contributed by atoms with Crippen molar-refractivity contribution in [2.45, 2.75) is 24.7 Å². The van der Waals surface area contributed by atoms with E-state index in [0.717, 1.165) is 34.5 Å². The number of aromatic nitrogens is 3. The van der Waals surface area contributed by atoms with Gasteiger partial charge in [-0.3, -0.25) is 4.68 Å². The number of hydrogen-bond acceptors (Lipinski definition) is 3. The lowest BCUT2D eigenvalue weighted by Gasteiger charge is -2.39. The summed E-state index contributed by atoms with van der Waals surface area (Å²) in [6.07, 6.45) is 8.89. The zero-order chi connectivity index (χ0) is 15.2. The largest absolute Gasteiger partial charge is 0.447 e. The van der Waals surface area contributed by atoms with Crippen LogP contribution in [0.3, 0.4) is 0 Å². The summed E-state index contributed by atoms with van der Waals surface area (Å²) in [5, 5.41) is 4.20. The number of benzene rings is 1. The van der Waals surface area contributed by atoms with Gasteiger partial charge in [-0.1, -0.05) is 34.5 Å². The minimum Gasteiger partial charge on any atom is -0.447 e. The highest BCUT2D eigenvalue weighted by molar-refractivity contribution is 9.10. The molecule has 1 aliphatic carbocycles. The first-order valence-electron chi connectivity index (χ1n) is 7.38. The third kappa shape index (κ3) is 2.11. The standard InChI is InChI=1S/C17H16BrN3O/c1-21-10-12(9-19-21)15-11-22-16(20-15)17(7-2-8-17)13-3-5-14(18)6-4-13/h3-6,9-11H,2,7-8H2,1H3. The maximum atomic E-state index is 5.86. The Morgan fingerprint density at radius 2 is 2.00 bits per heavy atom. The number of rotatable bonds is 3. The molecule has 1 fully saturated rings. The van der Waals surface area contributed by atoms with Crippen molar-refractivity contribution in [1.29, 1.82) is 0 Å². The van der Waals surface area contributed by atoms with Crippen LogP contribution in [0.2, 0.25) is 0 Å². The Labute approximate surface area is 137 Å². The minimum absolute atomic E-state index is 0.0683. The fraction of sp³-hybridized carbons (Fsp3) is 0.294. The van der Waals surface area contributed by atoms with Crippen molar-refractivity contribution in [3.63, 3.8) is 0 Å². The molecule has 0 unspecified atom stereocenters. The van der Waals surface area contributed by atoms with E-state index in [4.69, 9.17) is 9.40 Å². The van der Waals surface area contributed by atoms with Gasteiger partial charge in [-0.25, -0.2) is 4.98 Å². The highest BCUT2D eigenvalue weighted by Gasteiger charge is 2.44. The lowest BCUT2D eigenvalue weighted by Crippen LogP contribution is -2.35. The quantitative estimate of drug-likeness (QED) is 0.701. The van der Waals surface area contributed by atoms with E-state index >= 15 is 0 Å². The van der Waals surface area contributed by atoms with Crippen molar-refractivity contribution in [3.05, 3.63) is 58.8 Å². The topological polar surface area (TPSA) is 43.9 Å². The van der Waals surface area contributed by atoms with Crippen molar-refractivity contribution in [3.8, 4) is 11.3 Å². The van der Waals surface area contributed by atoms with E-state index in [2.05, 4.69) is 45.3 Å². The first kappa shape index (κ1) is 13.8. The van der Waals surface area contributed by atoms with E-state index in [9.17, 15) is 0 Å². The van der Waals surface area contributed by atoms with Gasteiger partial charge in [0.1, 0.15) is 12.0 Å². The molecule has 0 atom stereocenters. The summed E-state index contributed by atoms with van der Waals surface area (Å²) in [5.74, 6) is 0.819. The zero-order valence-electron chi connectivity index (χ0n) is 12.3. The van der Waals surface area contributed by atoms with Crippen LogP contribution in [0.25, 0.3) is 11.3 Å². The van der Waals surface area contributed by atoms with Gasteiger partial charge in [0.25, 0.3) is 0 Å². The van der Waals surface area contributed by atoms with Gasteiger partial charge in [-0.15, -0.1) is 0 Å². The molecule has 3 aromatic rings. The molecule has 1 saturated carbocycles. The number of halogens is 1. The first-order valence-corrected chi connectivity index (χ1v) is 8.18. The Morgan fingerprint density at radius 1 is 1.23 bits per heavy atom. The number of hydrogen-bond donors (Lipinski definition) is 0. The average molecular weight is 358 g/mol. The van der Waals surface area contributed by atoms with Crippen LogP contribution in [0.5, 0.6) is 0 Å². The summed E-state index contributed by atoms with van der Waals surface area (Å²) in [6, 6.07) is 8.50. The molecule has 1 aromatic carbocycles. The molecular formula is C17H16BrN3O. The summed E-state index contributed by atoms with van der Waals surface area (Å²) in [4.78, 5) is 4.76. The van der Waals surface area contributed by atoms with Crippen molar-refractivity contribution in [1.82, 2.24) is 14.8 Å². The lowest BCUT2D eigenvalue weighted by atomic mass is 9.64. The van der Waals surface area contributed by atoms with Crippen LogP contribution < -0.4 is 0 Å². The van der Waals surface area contributed by atoms with Crippen LogP contribution in [0.1, 0.15) is 30.7 Å². The SMILES string of the molecule is Cn1cc(-c2coc(C3(c4ccc(Br)cc4)CCC3)n2)cn1. The van der Waals surface area contributed by atoms with Crippen molar-refractivity contribution < 1.29 is 4.42 Å². The van der Waals surface area contributed by atoms with Crippen LogP contribution in [0.4, 0.5) is 0 Å². The highest BCUT2D eigenvalue weighted by atomic mass is 79.9. The molecule has 0 bridgehead atoms. The second kappa shape index (κ2) is 5.09. The second-order valence-corrected chi connectivity index (χ2v) is 6.80. The van der Waals surface area contributed by atoms with Crippen LogP contribution in [-0.4, -0.2) is 14.8 Å². The van der Waals surface area contributed by atoms with Crippen LogP contribution >= 0.6 is 15.9 Å². The fourth-order valence-corrected chi connectivity index (χ4v) is 3.37. The zero-order valence-corrected chi connectivity index (χ0v) is 13.9. The monoisotopic (exact) mass is 357 g/mol. The fourth-order valence-electron chi connectivity index (χ4n) is 3.10. The normalized spacial score (nSPS) is 16.5. The Bertz CT molecular complexity index is 799. The molecule has 0 N–H and O–H groups in total. The van der Waals surface area contributed by atoms with Gasteiger partial charge < -0.3 is 4.42 Å². The molecule has 2 heterocycles. The van der Waals surface area contributed by atoms with Crippen molar-refractivity contribution >= 4 is 15.9 Å². The van der Waals surface area contributed by atoms with Crippen LogP contribution in [0.15, 0.2) is 51.8 Å². The van der Waals surface area contributed by atoms with E-state index in [1.54, 1.807) is 10.9 Å². The molecule has 5 heteroatoms. The molecule has 4 nitrogen and oxygen atoms in total. The lowest BCUT2D eigenvalue weighted by molar-refractivity contribution is 0.239. The van der Waals surface area contributed by atoms with Crippen LogP contribution in [0, 0.1) is 0 Å². The van der Waals surface area contributed by atoms with Gasteiger partial charge >= 0.3 is 0 Å². The summed E-state index contributed by atoms with van der Waals surface area (Å²) in [7, 11) is 1.90. The molecule has 0 aliphatic heterocycles. The molecule has 4 rings (SSSR count). The van der Waals surface area contributed by atoms with E-state index < -0.39 is 0 Å². The molecule has 0 spiro atoms. The van der Waals surface area contributed by atoms with E-state index in [-0.39, 0.29) is 5.41 Å². The Hall–Kier alpha value is -1.88. The van der Waals surface area contributed by atoms with E-state index in [1.165, 1.54) is 12.0 Å². The van der Waals surface area contributed by atoms with Gasteiger partial charge in [-0.05, 0) is 30.5 Å². The van der Waals surface area contributed by atoms with Crippen LogP contribution in [-0.2, 0) is 12.5 Å². The Balaban J connectivity index is 1.73. The maximum Gasteiger partial charge on any atom is 0.205 e. The number of aryl methyl sites for hydroxylation is 1. The summed E-state index contributed by atoms with van der Waals surface area (Å²) >= 11 is 3.50. The average Bonchev–Trinajstić information content (AvgIpc) is 3.09. The molecule has 1 aliphatic rings. The Kier molecular flexibility index (Phi) is 3.18.